The van der Waals surface area contributed by atoms with Crippen LogP contribution in [-0.4, -0.2) is 45.9 Å². The zero-order chi connectivity index (χ0) is 15.1. The topological polar surface area (TPSA) is 49.6 Å². The number of carbonyl (C=O) groups excluding carboxylic acids is 1. The van der Waals surface area contributed by atoms with Gasteiger partial charge in [0.1, 0.15) is 11.3 Å². The van der Waals surface area contributed by atoms with Gasteiger partial charge in [-0.05, 0) is 43.4 Å². The number of pyridine rings is 1. The molecule has 0 spiro atoms. The number of amides is 1. The first-order valence-electron chi connectivity index (χ1n) is 7.70. The van der Waals surface area contributed by atoms with E-state index in [0.717, 1.165) is 24.5 Å². The van der Waals surface area contributed by atoms with Gasteiger partial charge in [0.2, 0.25) is 0 Å². The van der Waals surface area contributed by atoms with Crippen molar-refractivity contribution >= 4 is 11.6 Å². The highest BCUT2D eigenvalue weighted by Crippen LogP contribution is 2.26. The molecule has 0 saturated carbocycles. The van der Waals surface area contributed by atoms with Gasteiger partial charge in [0, 0.05) is 31.5 Å². The van der Waals surface area contributed by atoms with Crippen LogP contribution < -0.4 is 5.32 Å². The molecule has 2 aromatic rings. The van der Waals surface area contributed by atoms with Crippen LogP contribution in [0.5, 0.6) is 0 Å². The summed E-state index contributed by atoms with van der Waals surface area (Å²) in [5, 5.41) is 3.17. The molecule has 2 aliphatic heterocycles. The number of fused-ring (bicyclic) bond motifs is 3. The molecule has 2 fully saturated rings. The fourth-order valence-electron chi connectivity index (χ4n) is 3.63. The third-order valence-electron chi connectivity index (χ3n) is 4.66. The van der Waals surface area contributed by atoms with Crippen molar-refractivity contribution in [3.05, 3.63) is 35.8 Å². The van der Waals surface area contributed by atoms with Gasteiger partial charge in [0.15, 0.2) is 0 Å². The molecule has 5 nitrogen and oxygen atoms in total. The van der Waals surface area contributed by atoms with Crippen LogP contribution in [0.3, 0.4) is 0 Å². The number of nitrogens with one attached hydrogen (secondary N) is 1. The molecule has 3 unspecified atom stereocenters. The lowest BCUT2D eigenvalue weighted by Gasteiger charge is -2.30. The fourth-order valence-corrected chi connectivity index (χ4v) is 3.63. The first-order chi connectivity index (χ1) is 10.7. The van der Waals surface area contributed by atoms with Gasteiger partial charge >= 0.3 is 0 Å². The zero-order valence-corrected chi connectivity index (χ0v) is 12.3. The van der Waals surface area contributed by atoms with Gasteiger partial charge in [-0.15, -0.1) is 6.42 Å². The van der Waals surface area contributed by atoms with E-state index in [4.69, 9.17) is 6.42 Å². The Labute approximate surface area is 129 Å². The minimum absolute atomic E-state index is 0.0228. The molecule has 2 saturated heterocycles. The molecule has 0 aromatic carbocycles. The molecule has 1 N–H and O–H groups in total. The van der Waals surface area contributed by atoms with Crippen LogP contribution in [0.2, 0.25) is 0 Å². The average Bonchev–Trinajstić information content (AvgIpc) is 3.09. The molecule has 0 aliphatic carbocycles. The second kappa shape index (κ2) is 5.15. The summed E-state index contributed by atoms with van der Waals surface area (Å²) >= 11 is 0. The maximum atomic E-state index is 12.5. The maximum absolute atomic E-state index is 12.5. The molecule has 5 heteroatoms. The number of hydrogen-bond acceptors (Lipinski definition) is 3. The van der Waals surface area contributed by atoms with Gasteiger partial charge in [-0.1, -0.05) is 0 Å². The lowest BCUT2D eigenvalue weighted by atomic mass is 9.96. The third kappa shape index (κ3) is 2.36. The Bertz CT molecular complexity index is 761. The standard InChI is InChI=1S/C17H18N4O/c1-2-14-11-21-9-13(3-4-16(21)18-14)17(22)19-15-7-12-5-6-20(8-12)10-15/h1,3-4,9,11-12,15H,5-8,10H2,(H,19,22). The highest BCUT2D eigenvalue weighted by Gasteiger charge is 2.32. The Kier molecular flexibility index (Phi) is 3.12. The van der Waals surface area contributed by atoms with Crippen molar-refractivity contribution in [2.24, 2.45) is 5.92 Å². The average molecular weight is 294 g/mol. The summed E-state index contributed by atoms with van der Waals surface area (Å²) in [6, 6.07) is 3.88. The molecule has 22 heavy (non-hydrogen) atoms. The Morgan fingerprint density at radius 3 is 3.09 bits per heavy atom. The Hall–Kier alpha value is -2.32. The second-order valence-electron chi connectivity index (χ2n) is 6.27. The van der Waals surface area contributed by atoms with Gasteiger partial charge in [0.25, 0.3) is 5.91 Å². The minimum Gasteiger partial charge on any atom is -0.348 e. The van der Waals surface area contributed by atoms with Gasteiger partial charge < -0.3 is 14.6 Å². The van der Waals surface area contributed by atoms with Crippen molar-refractivity contribution in [3.63, 3.8) is 0 Å². The number of carbonyl (C=O) groups is 1. The van der Waals surface area contributed by atoms with Crippen LogP contribution in [0, 0.1) is 18.3 Å². The Morgan fingerprint density at radius 2 is 2.27 bits per heavy atom. The maximum Gasteiger partial charge on any atom is 0.253 e. The number of piperidine rings is 1. The van der Waals surface area contributed by atoms with E-state index in [-0.39, 0.29) is 11.9 Å². The van der Waals surface area contributed by atoms with Crippen molar-refractivity contribution < 1.29 is 4.79 Å². The predicted molar refractivity (Wildman–Crippen MR) is 83.5 cm³/mol. The molecule has 4 heterocycles. The molecule has 1 amide bonds. The van der Waals surface area contributed by atoms with E-state index in [9.17, 15) is 4.79 Å². The van der Waals surface area contributed by atoms with E-state index >= 15 is 0 Å². The van der Waals surface area contributed by atoms with Crippen molar-refractivity contribution in [3.8, 4) is 12.3 Å². The number of imidazole rings is 1. The number of terminal acetylenes is 1. The van der Waals surface area contributed by atoms with Crippen molar-refractivity contribution in [1.82, 2.24) is 19.6 Å². The van der Waals surface area contributed by atoms with Crippen LogP contribution in [0.1, 0.15) is 28.9 Å². The molecule has 2 aromatic heterocycles. The van der Waals surface area contributed by atoms with E-state index in [1.807, 2.05) is 6.07 Å². The summed E-state index contributed by atoms with van der Waals surface area (Å²) in [6.45, 7) is 3.34. The van der Waals surface area contributed by atoms with E-state index in [0.29, 0.717) is 11.3 Å². The molecule has 0 radical (unpaired) electrons. The molecule has 112 valence electrons. The van der Waals surface area contributed by atoms with Crippen LogP contribution in [0.25, 0.3) is 5.65 Å². The van der Waals surface area contributed by atoms with Crippen LogP contribution in [0.15, 0.2) is 24.5 Å². The lowest BCUT2D eigenvalue weighted by Crippen LogP contribution is -2.47. The fraction of sp³-hybridized carbons (Fsp3) is 0.412. The van der Waals surface area contributed by atoms with Gasteiger partial charge in [0.05, 0.1) is 5.56 Å². The number of aromatic nitrogens is 2. The summed E-state index contributed by atoms with van der Waals surface area (Å²) in [6.07, 6.45) is 11.3. The van der Waals surface area contributed by atoms with Gasteiger partial charge in [-0.2, -0.15) is 0 Å². The molecular weight excluding hydrogens is 276 g/mol. The Balaban J connectivity index is 1.51. The smallest absolute Gasteiger partial charge is 0.253 e. The van der Waals surface area contributed by atoms with E-state index in [1.165, 1.54) is 19.5 Å². The molecule has 3 atom stereocenters. The normalized spacial score (nSPS) is 26.8. The molecular formula is C17H18N4O. The predicted octanol–water partition coefficient (Wildman–Crippen LogP) is 1.14. The van der Waals surface area contributed by atoms with Crippen LogP contribution >= 0.6 is 0 Å². The van der Waals surface area contributed by atoms with E-state index in [1.54, 1.807) is 22.9 Å². The monoisotopic (exact) mass is 294 g/mol. The van der Waals surface area contributed by atoms with Crippen LogP contribution in [-0.2, 0) is 0 Å². The summed E-state index contributed by atoms with van der Waals surface area (Å²) in [7, 11) is 0. The Morgan fingerprint density at radius 1 is 1.36 bits per heavy atom. The van der Waals surface area contributed by atoms with E-state index in [2.05, 4.69) is 21.1 Å². The first kappa shape index (κ1) is 13.4. The van der Waals surface area contributed by atoms with Gasteiger partial charge in [-0.25, -0.2) is 4.98 Å². The number of rotatable bonds is 2. The summed E-state index contributed by atoms with van der Waals surface area (Å²) in [5.41, 5.74) is 1.97. The van der Waals surface area contributed by atoms with Crippen molar-refractivity contribution in [2.75, 3.05) is 19.6 Å². The summed E-state index contributed by atoms with van der Waals surface area (Å²) in [4.78, 5) is 19.2. The molecule has 2 bridgehead atoms. The first-order valence-corrected chi connectivity index (χ1v) is 7.70. The van der Waals surface area contributed by atoms with Gasteiger partial charge in [-0.3, -0.25) is 4.79 Å². The van der Waals surface area contributed by atoms with Crippen LogP contribution in [0.4, 0.5) is 0 Å². The second-order valence-corrected chi connectivity index (χ2v) is 6.27. The SMILES string of the molecule is C#Cc1cn2cc(C(=O)NC3CC4CCN(C4)C3)ccc2n1. The highest BCUT2D eigenvalue weighted by atomic mass is 16.1. The number of nitrogens with zero attached hydrogens (tertiary/aromatic N) is 3. The largest absolute Gasteiger partial charge is 0.348 e. The third-order valence-corrected chi connectivity index (χ3v) is 4.66. The minimum atomic E-state index is -0.0228. The number of hydrogen-bond donors (Lipinski definition) is 1. The summed E-state index contributed by atoms with van der Waals surface area (Å²) < 4.78 is 1.80. The molecule has 4 rings (SSSR count). The lowest BCUT2D eigenvalue weighted by molar-refractivity contribution is 0.0909. The van der Waals surface area contributed by atoms with E-state index < -0.39 is 0 Å². The zero-order valence-electron chi connectivity index (χ0n) is 12.3. The summed E-state index contributed by atoms with van der Waals surface area (Å²) in [5.74, 6) is 3.23. The van der Waals surface area contributed by atoms with Crippen molar-refractivity contribution in [2.45, 2.75) is 18.9 Å². The highest BCUT2D eigenvalue weighted by molar-refractivity contribution is 5.94. The quantitative estimate of drug-likeness (QED) is 0.845. The van der Waals surface area contributed by atoms with Crippen molar-refractivity contribution in [1.29, 1.82) is 0 Å². The molecule has 2 aliphatic rings.